The maximum absolute atomic E-state index is 13.2. The second kappa shape index (κ2) is 12.0. The predicted octanol–water partition coefficient (Wildman–Crippen LogP) is -0.411. The van der Waals surface area contributed by atoms with Gasteiger partial charge in [-0.25, -0.2) is 15.0 Å². The lowest BCUT2D eigenvalue weighted by molar-refractivity contribution is -0.116. The van der Waals surface area contributed by atoms with E-state index >= 15 is 0 Å². The molecule has 236 valence electrons. The van der Waals surface area contributed by atoms with Crippen LogP contribution in [0.25, 0.3) is 11.2 Å². The Hall–Kier alpha value is -3.77. The van der Waals surface area contributed by atoms with Crippen molar-refractivity contribution in [3.8, 4) is 0 Å². The number of aliphatic imine (C=N–C) groups is 1. The van der Waals surface area contributed by atoms with E-state index in [0.717, 1.165) is 38.2 Å². The Morgan fingerprint density at radius 1 is 1.23 bits per heavy atom. The van der Waals surface area contributed by atoms with E-state index in [2.05, 4.69) is 40.5 Å². The molecule has 0 saturated carbocycles. The molecule has 0 spiro atoms. The number of anilines is 3. The van der Waals surface area contributed by atoms with Crippen LogP contribution in [0.5, 0.6) is 0 Å². The Labute approximate surface area is 256 Å². The number of hydrogen-bond acceptors (Lipinski definition) is 14. The van der Waals surface area contributed by atoms with Crippen LogP contribution in [0.4, 0.5) is 23.1 Å². The number of pyridine rings is 1. The Bertz CT molecular complexity index is 1630. The van der Waals surface area contributed by atoms with Crippen LogP contribution in [0.1, 0.15) is 32.9 Å². The molecular weight excluding hydrogens is 590 g/mol. The fourth-order valence-electron chi connectivity index (χ4n) is 5.80. The van der Waals surface area contributed by atoms with Gasteiger partial charge in [-0.3, -0.25) is 19.1 Å². The number of nitrogens with two attached hydrogens (primary N) is 2. The summed E-state index contributed by atoms with van der Waals surface area (Å²) in [5.74, 6) is 1.24. The van der Waals surface area contributed by atoms with Crippen LogP contribution in [0.3, 0.4) is 0 Å². The van der Waals surface area contributed by atoms with Crippen molar-refractivity contribution in [2.24, 2.45) is 4.99 Å². The topological polar surface area (TPSA) is 235 Å². The van der Waals surface area contributed by atoms with E-state index in [-0.39, 0.29) is 35.1 Å². The van der Waals surface area contributed by atoms with Gasteiger partial charge in [0.15, 0.2) is 23.4 Å². The van der Waals surface area contributed by atoms with Gasteiger partial charge in [-0.2, -0.15) is 16.7 Å². The van der Waals surface area contributed by atoms with Gasteiger partial charge in [0.1, 0.15) is 23.4 Å². The third-order valence-electron chi connectivity index (χ3n) is 8.23. The van der Waals surface area contributed by atoms with Crippen molar-refractivity contribution in [1.29, 1.82) is 0 Å². The number of nitrogens with one attached hydrogen (secondary N) is 3. The summed E-state index contributed by atoms with van der Waals surface area (Å²) in [4.78, 5) is 47.3. The molecule has 9 N–H and O–H groups in total. The van der Waals surface area contributed by atoms with E-state index in [1.807, 2.05) is 0 Å². The van der Waals surface area contributed by atoms with Crippen molar-refractivity contribution in [3.63, 3.8) is 0 Å². The van der Waals surface area contributed by atoms with Crippen LogP contribution in [0.2, 0.25) is 0 Å². The fraction of sp³-hybridized carbons (Fsp3) is 0.556. The predicted molar refractivity (Wildman–Crippen MR) is 167 cm³/mol. The third-order valence-corrected chi connectivity index (χ3v) is 9.27. The van der Waals surface area contributed by atoms with E-state index in [9.17, 15) is 19.8 Å². The molecular formula is C27H37N11O5S. The molecule has 6 rings (SSSR count). The van der Waals surface area contributed by atoms with Gasteiger partial charge >= 0.3 is 0 Å². The number of likely N-dealkylation sites (tertiary alicyclic amines) is 1. The van der Waals surface area contributed by atoms with Crippen molar-refractivity contribution in [2.75, 3.05) is 47.9 Å². The maximum Gasteiger partial charge on any atom is 0.280 e. The second-order valence-corrected chi connectivity index (χ2v) is 12.9. The Morgan fingerprint density at radius 3 is 2.77 bits per heavy atom. The molecule has 0 bridgehead atoms. The van der Waals surface area contributed by atoms with E-state index in [1.165, 1.54) is 6.33 Å². The summed E-state index contributed by atoms with van der Waals surface area (Å²) in [5, 5.41) is 27.5. The molecule has 3 aliphatic heterocycles. The van der Waals surface area contributed by atoms with Gasteiger partial charge in [-0.15, -0.1) is 0 Å². The normalized spacial score (nSPS) is 25.4. The first-order valence-corrected chi connectivity index (χ1v) is 15.6. The first-order valence-electron chi connectivity index (χ1n) is 14.5. The molecule has 6 heterocycles. The highest BCUT2D eigenvalue weighted by Crippen LogP contribution is 2.34. The molecule has 16 nitrogen and oxygen atoms in total. The molecule has 1 unspecified atom stereocenters. The number of ether oxygens (including phenoxy) is 1. The Balaban J connectivity index is 0.955. The third kappa shape index (κ3) is 5.84. The Kier molecular flexibility index (Phi) is 8.23. The van der Waals surface area contributed by atoms with Gasteiger partial charge in [-0.05, 0) is 32.8 Å². The van der Waals surface area contributed by atoms with Crippen LogP contribution < -0.4 is 27.7 Å². The highest BCUT2D eigenvalue weighted by atomic mass is 32.2. The number of H-pyrrole nitrogens is 1. The molecule has 1 amide bonds. The smallest absolute Gasteiger partial charge is 0.280 e. The molecule has 44 heavy (non-hydrogen) atoms. The number of aromatic amines is 1. The number of thioether (sulfide) groups is 1. The number of imidazole rings is 1. The second-order valence-electron chi connectivity index (χ2n) is 11.8. The number of hydrogen-bond donors (Lipinski definition) is 7. The maximum atomic E-state index is 13.2. The summed E-state index contributed by atoms with van der Waals surface area (Å²) in [6, 6.07) is 1.64. The molecule has 3 aromatic rings. The monoisotopic (exact) mass is 627 g/mol. The number of piperidine rings is 1. The number of fused-ring (bicyclic) bond motifs is 2. The standard InChI is InChI=1S/C27H37N11O5S/c1-27(2)20(33-17-21(36-27)34-26(29)35-23(17)41)24(42)32-13-4-7-37(8-5-13)9-10-44-11-15-18(39)19(40)25(43-15)38-12-31-16-14(28)3-6-30-22(16)38/h3,6,12-13,15,18-19,25,39-40H,4-5,7-11H2,1-2H3,(H2,28,30)(H,32,42)(H4,29,34,35,36,41)/t15-,18?,19+,25-/m1/s1. The Morgan fingerprint density at radius 2 is 2.00 bits per heavy atom. The van der Waals surface area contributed by atoms with Gasteiger partial charge in [-0.1, -0.05) is 0 Å². The largest absolute Gasteiger partial charge is 0.397 e. The minimum atomic E-state index is -1.12. The summed E-state index contributed by atoms with van der Waals surface area (Å²) >= 11 is 1.65. The number of aliphatic hydroxyl groups is 2. The van der Waals surface area contributed by atoms with Gasteiger partial charge in [0.2, 0.25) is 5.95 Å². The number of carbonyl (C=O) groups excluding carboxylic acids is 1. The number of amides is 1. The molecule has 0 radical (unpaired) electrons. The molecule has 0 aromatic carbocycles. The number of rotatable bonds is 8. The van der Waals surface area contributed by atoms with E-state index in [1.54, 1.807) is 42.4 Å². The number of aromatic nitrogens is 5. The van der Waals surface area contributed by atoms with E-state index in [4.69, 9.17) is 16.2 Å². The molecule has 3 aliphatic rings. The first-order chi connectivity index (χ1) is 21.0. The van der Waals surface area contributed by atoms with Crippen molar-refractivity contribution in [2.45, 2.75) is 62.8 Å². The molecule has 17 heteroatoms. The quantitative estimate of drug-likeness (QED) is 0.158. The summed E-state index contributed by atoms with van der Waals surface area (Å²) < 4.78 is 7.65. The lowest BCUT2D eigenvalue weighted by Crippen LogP contribution is -2.54. The summed E-state index contributed by atoms with van der Waals surface area (Å²) in [6.45, 7) is 6.08. The van der Waals surface area contributed by atoms with Gasteiger partial charge < -0.3 is 42.0 Å². The SMILES string of the molecule is CC1(C)Nc2nc(N)[nH]c(=O)c2N=C1C(=O)NC1CCN(CCSC[C@H]2O[C@@H](n3cnc4c(N)ccnc43)[C@@H](O)C2O)CC1. The highest BCUT2D eigenvalue weighted by molar-refractivity contribution is 7.99. The van der Waals surface area contributed by atoms with Crippen LogP contribution >= 0.6 is 11.8 Å². The fourth-order valence-corrected chi connectivity index (χ4v) is 6.86. The first kappa shape index (κ1) is 30.3. The average Bonchev–Trinajstić information content (AvgIpc) is 3.52. The van der Waals surface area contributed by atoms with Crippen molar-refractivity contribution in [1.82, 2.24) is 34.7 Å². The summed E-state index contributed by atoms with van der Waals surface area (Å²) in [7, 11) is 0. The zero-order valence-corrected chi connectivity index (χ0v) is 25.3. The van der Waals surface area contributed by atoms with Gasteiger partial charge in [0.25, 0.3) is 11.5 Å². The van der Waals surface area contributed by atoms with Crippen LogP contribution in [-0.2, 0) is 9.53 Å². The van der Waals surface area contributed by atoms with Crippen LogP contribution in [0.15, 0.2) is 28.4 Å². The van der Waals surface area contributed by atoms with E-state index < -0.39 is 35.6 Å². The number of nitrogen functional groups attached to an aromatic ring is 2. The molecule has 2 saturated heterocycles. The minimum absolute atomic E-state index is 0.0151. The average molecular weight is 628 g/mol. The van der Waals surface area contributed by atoms with Gasteiger partial charge in [0, 0.05) is 43.4 Å². The summed E-state index contributed by atoms with van der Waals surface area (Å²) in [6.07, 6.45) is 1.13. The minimum Gasteiger partial charge on any atom is -0.397 e. The molecule has 4 atom stereocenters. The number of nitrogens with zero attached hydrogens (tertiary/aromatic N) is 6. The zero-order valence-electron chi connectivity index (χ0n) is 24.4. The van der Waals surface area contributed by atoms with E-state index in [0.29, 0.717) is 22.6 Å². The van der Waals surface area contributed by atoms with Crippen molar-refractivity contribution >= 4 is 57.7 Å². The lowest BCUT2D eigenvalue weighted by atomic mass is 9.94. The lowest BCUT2D eigenvalue weighted by Gasteiger charge is -2.35. The zero-order chi connectivity index (χ0) is 31.2. The van der Waals surface area contributed by atoms with Crippen molar-refractivity contribution in [3.05, 3.63) is 28.9 Å². The van der Waals surface area contributed by atoms with Crippen molar-refractivity contribution < 1.29 is 19.7 Å². The van der Waals surface area contributed by atoms with Crippen LogP contribution in [-0.4, -0.2) is 112 Å². The number of carbonyl (C=O) groups is 1. The van der Waals surface area contributed by atoms with Gasteiger partial charge in [0.05, 0.1) is 23.7 Å². The highest BCUT2D eigenvalue weighted by Gasteiger charge is 2.44. The molecule has 2 fully saturated rings. The molecule has 0 aliphatic carbocycles. The van der Waals surface area contributed by atoms with Crippen LogP contribution in [0, 0.1) is 0 Å². The number of aliphatic hydroxyl groups excluding tert-OH is 2. The molecule has 3 aromatic heterocycles. The summed E-state index contributed by atoms with van der Waals surface area (Å²) in [5.41, 5.74) is 12.0.